The number of nitrogens with one attached hydrogen (secondary N) is 2. The van der Waals surface area contributed by atoms with Crippen LogP contribution >= 0.6 is 11.6 Å². The third-order valence-corrected chi connectivity index (χ3v) is 10.6. The van der Waals surface area contributed by atoms with E-state index in [4.69, 9.17) is 16.3 Å². The van der Waals surface area contributed by atoms with Crippen molar-refractivity contribution in [2.24, 2.45) is 29.6 Å². The van der Waals surface area contributed by atoms with E-state index in [9.17, 15) is 14.4 Å². The molecular formula is C31H40ClN3O4. The molecule has 2 aliphatic carbocycles. The van der Waals surface area contributed by atoms with Crippen molar-refractivity contribution in [2.75, 3.05) is 5.32 Å². The molecule has 2 saturated carbocycles. The predicted molar refractivity (Wildman–Crippen MR) is 150 cm³/mol. The van der Waals surface area contributed by atoms with Crippen molar-refractivity contribution in [3.8, 4) is 0 Å². The highest BCUT2D eigenvalue weighted by molar-refractivity contribution is 6.30. The Balaban J connectivity index is 1.31. The number of anilines is 1. The van der Waals surface area contributed by atoms with Crippen molar-refractivity contribution in [1.82, 2.24) is 10.2 Å². The predicted octanol–water partition coefficient (Wildman–Crippen LogP) is 4.95. The van der Waals surface area contributed by atoms with Crippen LogP contribution in [0.4, 0.5) is 5.69 Å². The Bertz CT molecular complexity index is 1160. The molecular weight excluding hydrogens is 514 g/mol. The van der Waals surface area contributed by atoms with Crippen molar-refractivity contribution >= 4 is 35.0 Å². The van der Waals surface area contributed by atoms with Crippen LogP contribution in [0.2, 0.25) is 5.02 Å². The lowest BCUT2D eigenvalue weighted by molar-refractivity contribution is -0.145. The number of likely N-dealkylation sites (tertiary alicyclic amines) is 1. The van der Waals surface area contributed by atoms with Crippen molar-refractivity contribution in [3.63, 3.8) is 0 Å². The second-order valence-electron chi connectivity index (χ2n) is 12.7. The van der Waals surface area contributed by atoms with Gasteiger partial charge in [0.25, 0.3) is 0 Å². The maximum atomic E-state index is 14.3. The first-order chi connectivity index (χ1) is 18.7. The minimum atomic E-state index is -1.12. The Kier molecular flexibility index (Phi) is 7.03. The molecule has 8 heteroatoms. The van der Waals surface area contributed by atoms with Gasteiger partial charge in [0.15, 0.2) is 0 Å². The van der Waals surface area contributed by atoms with E-state index in [0.29, 0.717) is 28.5 Å². The fraction of sp³-hybridized carbons (Fsp3) is 0.645. The van der Waals surface area contributed by atoms with Crippen LogP contribution in [0.1, 0.15) is 65.7 Å². The highest BCUT2D eigenvalue weighted by atomic mass is 35.5. The molecule has 6 unspecified atom stereocenters. The van der Waals surface area contributed by atoms with Crippen LogP contribution in [0, 0.1) is 29.6 Å². The molecule has 210 valence electrons. The van der Waals surface area contributed by atoms with Gasteiger partial charge in [0.2, 0.25) is 17.7 Å². The number of amides is 3. The Morgan fingerprint density at radius 1 is 1.00 bits per heavy atom. The number of rotatable bonds is 5. The molecule has 4 fully saturated rings. The summed E-state index contributed by atoms with van der Waals surface area (Å²) in [4.78, 5) is 44.0. The highest BCUT2D eigenvalue weighted by Crippen LogP contribution is 2.56. The third kappa shape index (κ3) is 4.50. The molecule has 3 aliphatic heterocycles. The summed E-state index contributed by atoms with van der Waals surface area (Å²) in [6, 6.07) is 6.21. The zero-order valence-corrected chi connectivity index (χ0v) is 23.8. The third-order valence-electron chi connectivity index (χ3n) is 10.4. The lowest BCUT2D eigenvalue weighted by Gasteiger charge is -2.41. The summed E-state index contributed by atoms with van der Waals surface area (Å²) in [6.45, 7) is 6.71. The number of hydrogen-bond donors (Lipinski definition) is 2. The van der Waals surface area contributed by atoms with Crippen molar-refractivity contribution in [3.05, 3.63) is 41.4 Å². The van der Waals surface area contributed by atoms with E-state index in [2.05, 4.69) is 31.4 Å². The molecule has 3 amide bonds. The summed E-state index contributed by atoms with van der Waals surface area (Å²) in [6.07, 6.45) is 10.2. The van der Waals surface area contributed by atoms with Gasteiger partial charge in [-0.1, -0.05) is 57.4 Å². The number of fused-ring (bicyclic) bond motifs is 1. The maximum Gasteiger partial charge on any atom is 0.246 e. The molecule has 1 aromatic rings. The molecule has 5 aliphatic rings. The summed E-state index contributed by atoms with van der Waals surface area (Å²) in [7, 11) is 0. The first-order valence-electron chi connectivity index (χ1n) is 14.8. The van der Waals surface area contributed by atoms with Gasteiger partial charge in [-0.3, -0.25) is 14.4 Å². The molecule has 2 bridgehead atoms. The smallest absolute Gasteiger partial charge is 0.246 e. The number of nitrogens with zero attached hydrogens (tertiary/aromatic N) is 1. The number of ether oxygens (including phenoxy) is 1. The summed E-state index contributed by atoms with van der Waals surface area (Å²) in [5.74, 6) is -0.435. The van der Waals surface area contributed by atoms with Gasteiger partial charge in [0, 0.05) is 22.8 Å². The first kappa shape index (κ1) is 26.8. The minimum absolute atomic E-state index is 0.0249. The molecule has 0 aromatic heterocycles. The Hall–Kier alpha value is -2.38. The van der Waals surface area contributed by atoms with Gasteiger partial charge in [0.1, 0.15) is 11.6 Å². The average Bonchev–Trinajstić information content (AvgIpc) is 3.56. The quantitative estimate of drug-likeness (QED) is 0.505. The topological polar surface area (TPSA) is 87.7 Å². The van der Waals surface area contributed by atoms with E-state index in [0.717, 1.165) is 38.5 Å². The Labute approximate surface area is 236 Å². The van der Waals surface area contributed by atoms with Crippen molar-refractivity contribution in [2.45, 2.75) is 95.5 Å². The van der Waals surface area contributed by atoms with Gasteiger partial charge >= 0.3 is 0 Å². The molecule has 7 nitrogen and oxygen atoms in total. The van der Waals surface area contributed by atoms with Crippen LogP contribution in [-0.2, 0) is 19.1 Å². The van der Waals surface area contributed by atoms with Crippen molar-refractivity contribution < 1.29 is 19.1 Å². The summed E-state index contributed by atoms with van der Waals surface area (Å²) >= 11 is 6.02. The van der Waals surface area contributed by atoms with Crippen LogP contribution in [0.25, 0.3) is 0 Å². The lowest BCUT2D eigenvalue weighted by Crippen LogP contribution is -2.59. The zero-order valence-electron chi connectivity index (χ0n) is 23.1. The lowest BCUT2D eigenvalue weighted by atomic mass is 9.73. The molecule has 6 rings (SSSR count). The Morgan fingerprint density at radius 3 is 2.44 bits per heavy atom. The molecule has 1 spiro atoms. The normalized spacial score (nSPS) is 41.0. The molecule has 0 radical (unpaired) electrons. The number of halogens is 1. The van der Waals surface area contributed by atoms with E-state index in [1.165, 1.54) is 6.42 Å². The number of benzene rings is 1. The molecule has 3 heterocycles. The summed E-state index contributed by atoms with van der Waals surface area (Å²) < 4.78 is 6.54. The fourth-order valence-electron chi connectivity index (χ4n) is 7.93. The molecule has 2 N–H and O–H groups in total. The zero-order chi connectivity index (χ0) is 27.5. The van der Waals surface area contributed by atoms with Crippen LogP contribution in [0.15, 0.2) is 36.4 Å². The summed E-state index contributed by atoms with van der Waals surface area (Å²) in [5.41, 5.74) is -0.510. The maximum absolute atomic E-state index is 14.3. The van der Waals surface area contributed by atoms with E-state index < -0.39 is 29.6 Å². The van der Waals surface area contributed by atoms with Gasteiger partial charge in [-0.15, -0.1) is 0 Å². The van der Waals surface area contributed by atoms with E-state index >= 15 is 0 Å². The van der Waals surface area contributed by atoms with Gasteiger partial charge < -0.3 is 20.3 Å². The first-order valence-corrected chi connectivity index (χ1v) is 15.1. The minimum Gasteiger partial charge on any atom is -0.359 e. The molecule has 39 heavy (non-hydrogen) atoms. The van der Waals surface area contributed by atoms with E-state index in [1.54, 1.807) is 24.3 Å². The average molecular weight is 554 g/mol. The number of carbonyl (C=O) groups is 3. The van der Waals surface area contributed by atoms with Crippen LogP contribution < -0.4 is 10.6 Å². The van der Waals surface area contributed by atoms with Gasteiger partial charge in [-0.25, -0.2) is 0 Å². The number of carbonyl (C=O) groups excluding carboxylic acids is 3. The van der Waals surface area contributed by atoms with Crippen LogP contribution in [0.3, 0.4) is 0 Å². The largest absolute Gasteiger partial charge is 0.359 e. The molecule has 8 atom stereocenters. The molecule has 2 saturated heterocycles. The van der Waals surface area contributed by atoms with Gasteiger partial charge in [0.05, 0.1) is 17.9 Å². The number of hydrogen-bond acceptors (Lipinski definition) is 4. The monoisotopic (exact) mass is 553 g/mol. The Morgan fingerprint density at radius 2 is 1.72 bits per heavy atom. The van der Waals surface area contributed by atoms with Gasteiger partial charge in [-0.05, 0) is 74.1 Å². The second kappa shape index (κ2) is 10.2. The van der Waals surface area contributed by atoms with Crippen LogP contribution in [0.5, 0.6) is 0 Å². The van der Waals surface area contributed by atoms with E-state index in [-0.39, 0.29) is 29.8 Å². The SMILES string of the molecule is CC1CCC(N2C(=O)[C@@H]3C(C(=O)Nc4ccc(Cl)cc4)[C@@H]4C=CC3(O4)C2C(=O)NC2CCCC(C)C2C)CC1. The summed E-state index contributed by atoms with van der Waals surface area (Å²) in [5, 5.41) is 6.90. The highest BCUT2D eigenvalue weighted by Gasteiger charge is 2.73. The molecule has 1 aromatic carbocycles. The standard InChI is InChI=1S/C31H40ClN3O4/c1-17-7-13-22(14-8-17)35-27(29(37)34-23-6-4-5-18(2)19(23)3)31-16-15-24(39-31)25(26(31)30(35)38)28(36)33-21-11-9-20(32)10-12-21/h9-12,15-19,22-27H,4-8,13-14H2,1-3H3,(H,33,36)(H,34,37)/t17?,18?,19?,22?,23?,24-,25?,26-,27?,31?/m0/s1. The van der Waals surface area contributed by atoms with Crippen molar-refractivity contribution in [1.29, 1.82) is 0 Å². The van der Waals surface area contributed by atoms with Gasteiger partial charge in [-0.2, -0.15) is 0 Å². The van der Waals surface area contributed by atoms with Crippen LogP contribution in [-0.4, -0.2) is 52.5 Å². The second-order valence-corrected chi connectivity index (χ2v) is 13.2. The fourth-order valence-corrected chi connectivity index (χ4v) is 8.05. The van der Waals surface area contributed by atoms with E-state index in [1.807, 2.05) is 17.1 Å².